The molecule has 12 rings (SSSR count). The van der Waals surface area contributed by atoms with Crippen LogP contribution in [0.5, 0.6) is 0 Å². The molecule has 0 bridgehead atoms. The lowest BCUT2D eigenvalue weighted by molar-refractivity contribution is 0.0919. The van der Waals surface area contributed by atoms with E-state index in [0.717, 1.165) is 87.4 Å². The Labute approximate surface area is 539 Å². The van der Waals surface area contributed by atoms with Gasteiger partial charge in [0.05, 0.1) is 0 Å². The Balaban J connectivity index is 0.000000135. The number of nitrogens with zero attached hydrogens (tertiary/aromatic N) is 2. The standard InChI is InChI=1S/C22H24O2S2.C17H16OS2.C16H15Br2N.C16H15Cl2N/c1-5-13(3)21(23)15-7-9-17-19(11-15)25-18-10-8-16(12-20(18)26-17)22(24)14(4)6-2;1-3-11(2)17(18)12-8-9-15-16(10-12)20-14-7-5-4-6-13(14)19-15;2*1-3-10(2)19-15-6-4-11(17)8-13(15)14-9-12(18)5-7-16(14)19/h7-14H,5-6H2,1-4H3;4-11H,3H2,1-2H3;2*4-10H,3H2,1-2H3. The molecule has 0 saturated carbocycles. The van der Waals surface area contributed by atoms with Gasteiger partial charge in [0, 0.05) is 148 Å². The van der Waals surface area contributed by atoms with Gasteiger partial charge in [0.2, 0.25) is 0 Å². The maximum absolute atomic E-state index is 12.5. The number of carbonyl (C=O) groups excluding carboxylic acids is 3. The molecule has 5 nitrogen and oxygen atoms in total. The van der Waals surface area contributed by atoms with Crippen molar-refractivity contribution in [3.8, 4) is 0 Å². The molecule has 10 aromatic rings. The lowest BCUT2D eigenvalue weighted by Crippen LogP contribution is -2.11. The smallest absolute Gasteiger partial charge is 0.165 e. The number of halogens is 4. The highest BCUT2D eigenvalue weighted by Gasteiger charge is 2.24. The normalized spacial score (nSPS) is 14.0. The molecule has 434 valence electrons. The van der Waals surface area contributed by atoms with Crippen LogP contribution in [-0.4, -0.2) is 26.5 Å². The lowest BCUT2D eigenvalue weighted by Gasteiger charge is -2.20. The van der Waals surface area contributed by atoms with Crippen molar-refractivity contribution in [2.75, 3.05) is 0 Å². The first-order valence-electron chi connectivity index (χ1n) is 29.0. The fourth-order valence-corrected chi connectivity index (χ4v) is 15.9. The fraction of sp³-hybridized carbons (Fsp3) is 0.282. The molecular weight excluding hydrogens is 1290 g/mol. The summed E-state index contributed by atoms with van der Waals surface area (Å²) in [6, 6.07) is 52.6. The second-order valence-corrected chi connectivity index (χ2v) is 28.8. The predicted octanol–water partition coefficient (Wildman–Crippen LogP) is 24.7. The molecule has 2 aromatic heterocycles. The van der Waals surface area contributed by atoms with Gasteiger partial charge in [-0.15, -0.1) is 0 Å². The first-order valence-corrected chi connectivity index (χ1v) is 34.6. The van der Waals surface area contributed by atoms with Crippen molar-refractivity contribution in [2.45, 2.75) is 153 Å². The summed E-state index contributed by atoms with van der Waals surface area (Å²) in [6.45, 7) is 21.1. The molecule has 2 aliphatic rings. The lowest BCUT2D eigenvalue weighted by atomic mass is 9.97. The van der Waals surface area contributed by atoms with E-state index in [1.807, 2.05) is 101 Å². The molecule has 0 aliphatic carbocycles. The molecule has 84 heavy (non-hydrogen) atoms. The van der Waals surface area contributed by atoms with Gasteiger partial charge in [-0.2, -0.15) is 0 Å². The molecular formula is C71H70Br2Cl2N2O3S4. The molecule has 0 N–H and O–H groups in total. The largest absolute Gasteiger partial charge is 0.338 e. The van der Waals surface area contributed by atoms with Gasteiger partial charge in [-0.05, 0) is 167 Å². The van der Waals surface area contributed by atoms with E-state index in [9.17, 15) is 14.4 Å². The molecule has 2 aliphatic heterocycles. The Hall–Kier alpha value is -4.69. The zero-order valence-electron chi connectivity index (χ0n) is 49.1. The number of rotatable bonds is 13. The van der Waals surface area contributed by atoms with Crippen LogP contribution in [0.3, 0.4) is 0 Å². The van der Waals surface area contributed by atoms with Crippen molar-refractivity contribution in [3.05, 3.63) is 187 Å². The van der Waals surface area contributed by atoms with Gasteiger partial charge >= 0.3 is 0 Å². The van der Waals surface area contributed by atoms with Crippen molar-refractivity contribution < 1.29 is 14.4 Å². The topological polar surface area (TPSA) is 61.1 Å². The van der Waals surface area contributed by atoms with Crippen molar-refractivity contribution in [1.82, 2.24) is 9.13 Å². The maximum Gasteiger partial charge on any atom is 0.165 e. The number of Topliss-reactive ketones (excluding diaryl/α,β-unsaturated/α-hetero) is 3. The zero-order valence-corrected chi connectivity index (χ0v) is 57.1. The summed E-state index contributed by atoms with van der Waals surface area (Å²) in [5.41, 5.74) is 7.48. The molecule has 0 fully saturated rings. The van der Waals surface area contributed by atoms with E-state index in [-0.39, 0.29) is 35.1 Å². The quantitative estimate of drug-likeness (QED) is 0.107. The van der Waals surface area contributed by atoms with E-state index in [1.54, 1.807) is 47.0 Å². The highest BCUT2D eigenvalue weighted by atomic mass is 79.9. The molecule has 0 amide bonds. The third-order valence-corrected chi connectivity index (χ3v) is 22.6. The van der Waals surface area contributed by atoms with Gasteiger partial charge in [-0.3, -0.25) is 14.4 Å². The number of carbonyl (C=O) groups is 3. The van der Waals surface area contributed by atoms with E-state index in [4.69, 9.17) is 23.2 Å². The van der Waals surface area contributed by atoms with Gasteiger partial charge in [0.15, 0.2) is 17.3 Å². The number of benzene rings is 8. The minimum absolute atomic E-state index is 0.0516. The van der Waals surface area contributed by atoms with Crippen molar-refractivity contribution in [2.24, 2.45) is 17.8 Å². The summed E-state index contributed by atoms with van der Waals surface area (Å²) < 4.78 is 7.08. The Morgan fingerprint density at radius 3 is 0.964 bits per heavy atom. The Kier molecular flexibility index (Phi) is 21.6. The molecule has 4 heterocycles. The van der Waals surface area contributed by atoms with E-state index in [0.29, 0.717) is 12.1 Å². The van der Waals surface area contributed by atoms with Crippen molar-refractivity contribution >= 4 is 163 Å². The van der Waals surface area contributed by atoms with Crippen LogP contribution >= 0.6 is 102 Å². The summed E-state index contributed by atoms with van der Waals surface area (Å²) >= 11 is 26.3. The Morgan fingerprint density at radius 2 is 0.655 bits per heavy atom. The third kappa shape index (κ3) is 14.0. The molecule has 5 atom stereocenters. The molecule has 5 unspecified atom stereocenters. The second kappa shape index (κ2) is 28.4. The van der Waals surface area contributed by atoms with Gasteiger partial charge in [-0.1, -0.05) is 188 Å². The van der Waals surface area contributed by atoms with Crippen LogP contribution in [0.4, 0.5) is 0 Å². The number of ketones is 3. The van der Waals surface area contributed by atoms with Crippen molar-refractivity contribution in [3.63, 3.8) is 0 Å². The van der Waals surface area contributed by atoms with Crippen LogP contribution in [0.25, 0.3) is 43.6 Å². The highest BCUT2D eigenvalue weighted by molar-refractivity contribution is 9.10. The van der Waals surface area contributed by atoms with Gasteiger partial charge in [-0.25, -0.2) is 0 Å². The highest BCUT2D eigenvalue weighted by Crippen LogP contribution is 2.50. The van der Waals surface area contributed by atoms with Crippen LogP contribution < -0.4 is 0 Å². The summed E-state index contributed by atoms with van der Waals surface area (Å²) in [4.78, 5) is 46.8. The number of fused-ring (bicyclic) bond motifs is 10. The Bertz CT molecular complexity index is 3780. The van der Waals surface area contributed by atoms with Gasteiger partial charge in [0.1, 0.15) is 0 Å². The number of hydrogen-bond acceptors (Lipinski definition) is 7. The number of aromatic nitrogens is 2. The average molecular weight is 1360 g/mol. The molecule has 13 heteroatoms. The monoisotopic (exact) mass is 1350 g/mol. The Morgan fingerprint density at radius 1 is 0.369 bits per heavy atom. The number of hydrogen-bond donors (Lipinski definition) is 0. The molecule has 0 radical (unpaired) electrons. The summed E-state index contributed by atoms with van der Waals surface area (Å²) in [7, 11) is 0. The average Bonchev–Trinajstić information content (AvgIpc) is 2.99. The van der Waals surface area contributed by atoms with Crippen LogP contribution in [0.1, 0.15) is 144 Å². The molecule has 8 aromatic carbocycles. The maximum atomic E-state index is 12.5. The predicted molar refractivity (Wildman–Crippen MR) is 368 cm³/mol. The van der Waals surface area contributed by atoms with Gasteiger partial charge < -0.3 is 9.13 Å². The summed E-state index contributed by atoms with van der Waals surface area (Å²) in [5.74, 6) is 0.870. The van der Waals surface area contributed by atoms with Crippen LogP contribution in [-0.2, 0) is 0 Å². The molecule has 0 saturated heterocycles. The molecule has 0 spiro atoms. The van der Waals surface area contributed by atoms with E-state index in [2.05, 4.69) is 161 Å². The minimum atomic E-state index is 0.0516. The first kappa shape index (κ1) is 63.8. The summed E-state index contributed by atoms with van der Waals surface area (Å²) in [6.07, 6.45) is 4.82. The fourth-order valence-electron chi connectivity index (χ4n) is 10.3. The SMILES string of the molecule is CCC(C)C(=O)c1ccc2c(c1)Sc1ccc(C(=O)C(C)CC)cc1S2.CCC(C)C(=O)c1ccc2c(c1)Sc1ccccc1S2.CCC(C)n1c2ccc(Br)cc2c2cc(Br)ccc21.CCC(C)n1c2ccc(Cl)cc2c2cc(Cl)ccc21. The van der Waals surface area contributed by atoms with Crippen LogP contribution in [0.2, 0.25) is 10.0 Å². The minimum Gasteiger partial charge on any atom is -0.338 e. The first-order chi connectivity index (χ1) is 40.4. The van der Waals surface area contributed by atoms with Crippen molar-refractivity contribution in [1.29, 1.82) is 0 Å². The summed E-state index contributed by atoms with van der Waals surface area (Å²) in [5, 5.41) is 6.49. The second-order valence-electron chi connectivity index (χ2n) is 21.8. The van der Waals surface area contributed by atoms with Crippen LogP contribution in [0.15, 0.2) is 200 Å². The third-order valence-electron chi connectivity index (χ3n) is 16.1. The van der Waals surface area contributed by atoms with Gasteiger partial charge in [0.25, 0.3) is 0 Å². The van der Waals surface area contributed by atoms with E-state index < -0.39 is 0 Å². The zero-order chi connectivity index (χ0) is 60.1. The van der Waals surface area contributed by atoms with Crippen LogP contribution in [0, 0.1) is 17.8 Å². The van der Waals surface area contributed by atoms with E-state index in [1.165, 1.54) is 63.2 Å². The van der Waals surface area contributed by atoms with E-state index >= 15 is 0 Å².